The van der Waals surface area contributed by atoms with Crippen molar-refractivity contribution in [2.45, 2.75) is 45.6 Å². The first-order chi connectivity index (χ1) is 11.3. The van der Waals surface area contributed by atoms with Crippen LogP contribution in [0.2, 0.25) is 0 Å². The van der Waals surface area contributed by atoms with Gasteiger partial charge in [0.15, 0.2) is 0 Å². The predicted octanol–water partition coefficient (Wildman–Crippen LogP) is 0.366. The number of hydrogen-bond donors (Lipinski definition) is 2. The molecule has 7 heteroatoms. The Balaban J connectivity index is 1.98. The molecule has 0 saturated heterocycles. The number of hydrogen-bond acceptors (Lipinski definition) is 3. The van der Waals surface area contributed by atoms with Crippen molar-refractivity contribution in [2.75, 3.05) is 0 Å². The summed E-state index contributed by atoms with van der Waals surface area (Å²) in [5.41, 5.74) is 2.56. The number of fused-ring (bicyclic) bond motifs is 3. The van der Waals surface area contributed by atoms with E-state index < -0.39 is 39.0 Å². The first kappa shape index (κ1) is 17.0. The number of aromatic amines is 1. The summed E-state index contributed by atoms with van der Waals surface area (Å²) in [6, 6.07) is 3.30. The molecule has 0 radical (unpaired) electrons. The fraction of sp³-hybridized carbons (Fsp3) is 0.412. The van der Waals surface area contributed by atoms with Crippen LogP contribution in [-0.4, -0.2) is 16.7 Å². The zero-order valence-electron chi connectivity index (χ0n) is 13.7. The number of aryl methyl sites for hydroxylation is 2. The zero-order valence-corrected chi connectivity index (χ0v) is 15.9. The Morgan fingerprint density at radius 1 is 1.46 bits per heavy atom. The summed E-state index contributed by atoms with van der Waals surface area (Å²) in [4.78, 5) is 15.2. The maximum atomic E-state index is 14.6. The SMILES string of the molecule is CC(C)(C)OC(=O)N[I-]c1c(F)cc(C#N)c2[nH]c3c(c12)CCC3. The van der Waals surface area contributed by atoms with Crippen molar-refractivity contribution in [1.82, 2.24) is 8.51 Å². The summed E-state index contributed by atoms with van der Waals surface area (Å²) < 4.78 is 23.0. The van der Waals surface area contributed by atoms with E-state index >= 15 is 0 Å². The van der Waals surface area contributed by atoms with Crippen LogP contribution in [0.25, 0.3) is 10.9 Å². The Morgan fingerprint density at radius 2 is 2.21 bits per heavy atom. The second-order valence-corrected chi connectivity index (χ2v) is 8.87. The first-order valence-electron chi connectivity index (χ1n) is 7.69. The van der Waals surface area contributed by atoms with E-state index in [9.17, 15) is 14.4 Å². The number of nitriles is 1. The number of aromatic nitrogens is 1. The molecule has 3 rings (SSSR count). The molecule has 1 heterocycles. The van der Waals surface area contributed by atoms with Crippen molar-refractivity contribution in [2.24, 2.45) is 0 Å². The third kappa shape index (κ3) is 3.20. The summed E-state index contributed by atoms with van der Waals surface area (Å²) in [6.45, 7) is 5.35. The van der Waals surface area contributed by atoms with Crippen LogP contribution >= 0.6 is 0 Å². The van der Waals surface area contributed by atoms with Gasteiger partial charge in [-0.15, -0.1) is 0 Å². The molecule has 0 saturated carbocycles. The summed E-state index contributed by atoms with van der Waals surface area (Å²) in [5, 5.41) is 10.1. The van der Waals surface area contributed by atoms with Crippen LogP contribution in [-0.2, 0) is 17.6 Å². The van der Waals surface area contributed by atoms with Gasteiger partial charge in [0.05, 0.1) is 0 Å². The molecule has 0 atom stereocenters. The number of nitrogens with one attached hydrogen (secondary N) is 2. The molecule has 2 N–H and O–H groups in total. The van der Waals surface area contributed by atoms with E-state index in [1.165, 1.54) is 6.07 Å². The van der Waals surface area contributed by atoms with Gasteiger partial charge in [-0.05, 0) is 0 Å². The Bertz CT molecular complexity index is 862. The molecular formula is C17H18FIN3O2-. The molecule has 0 bridgehead atoms. The van der Waals surface area contributed by atoms with Gasteiger partial charge >= 0.3 is 150 Å². The second-order valence-electron chi connectivity index (χ2n) is 6.71. The van der Waals surface area contributed by atoms with Gasteiger partial charge in [-0.1, -0.05) is 0 Å². The average Bonchev–Trinajstić information content (AvgIpc) is 3.05. The van der Waals surface area contributed by atoms with Gasteiger partial charge < -0.3 is 0 Å². The van der Waals surface area contributed by atoms with Crippen LogP contribution in [0.3, 0.4) is 0 Å². The van der Waals surface area contributed by atoms with E-state index in [0.717, 1.165) is 35.9 Å². The minimum absolute atomic E-state index is 0.307. The molecule has 24 heavy (non-hydrogen) atoms. The quantitative estimate of drug-likeness (QED) is 0.521. The molecule has 1 amide bonds. The Morgan fingerprint density at radius 3 is 2.88 bits per heavy atom. The van der Waals surface area contributed by atoms with E-state index in [0.29, 0.717) is 14.7 Å². The number of benzene rings is 1. The van der Waals surface area contributed by atoms with Crippen LogP contribution in [0.15, 0.2) is 6.07 Å². The number of halogens is 2. The van der Waals surface area contributed by atoms with E-state index in [1.54, 1.807) is 20.8 Å². The number of carbonyl (C=O) groups is 1. The monoisotopic (exact) mass is 442 g/mol. The molecular weight excluding hydrogens is 424 g/mol. The Hall–Kier alpha value is -1.82. The van der Waals surface area contributed by atoms with Gasteiger partial charge in [0, 0.05) is 0 Å². The predicted molar refractivity (Wildman–Crippen MR) is 83.1 cm³/mol. The summed E-state index contributed by atoms with van der Waals surface area (Å²) in [6.07, 6.45) is 2.26. The third-order valence-electron chi connectivity index (χ3n) is 3.75. The van der Waals surface area contributed by atoms with Crippen molar-refractivity contribution < 1.29 is 35.4 Å². The molecule has 0 fully saturated rings. The van der Waals surface area contributed by atoms with Gasteiger partial charge in [-0.25, -0.2) is 0 Å². The molecule has 1 aliphatic rings. The molecule has 0 spiro atoms. The standard InChI is InChI=1S/C17H18FIN3O2/c1-17(2,3)24-16(23)22-19-14-11(18)7-9(8-20)15-13(14)10-5-4-6-12(10)21-15/h7,21H,4-6H2,1-3H3,(H,22,23)/q-1. The van der Waals surface area contributed by atoms with Crippen LogP contribution in [0.4, 0.5) is 9.18 Å². The second kappa shape index (κ2) is 6.24. The molecule has 5 nitrogen and oxygen atoms in total. The third-order valence-corrected chi connectivity index (χ3v) is 6.06. The molecule has 128 valence electrons. The van der Waals surface area contributed by atoms with E-state index in [-0.39, 0.29) is 0 Å². The molecule has 0 unspecified atom stereocenters. The Kier molecular flexibility index (Phi) is 4.42. The number of H-pyrrole nitrogens is 1. The molecule has 1 aliphatic carbocycles. The minimum atomic E-state index is -1.12. The summed E-state index contributed by atoms with van der Waals surface area (Å²) in [7, 11) is 0. The normalized spacial score (nSPS) is 13.8. The zero-order chi connectivity index (χ0) is 17.5. The van der Waals surface area contributed by atoms with Gasteiger partial charge in [-0.3, -0.25) is 0 Å². The van der Waals surface area contributed by atoms with Crippen molar-refractivity contribution in [3.8, 4) is 6.07 Å². The van der Waals surface area contributed by atoms with Crippen molar-refractivity contribution >= 4 is 17.0 Å². The van der Waals surface area contributed by atoms with Gasteiger partial charge in [0.1, 0.15) is 0 Å². The van der Waals surface area contributed by atoms with Crippen molar-refractivity contribution in [3.63, 3.8) is 0 Å². The maximum absolute atomic E-state index is 14.6. The number of ether oxygens (including phenoxy) is 1. The van der Waals surface area contributed by atoms with Crippen molar-refractivity contribution in [1.29, 1.82) is 5.26 Å². The summed E-state index contributed by atoms with van der Waals surface area (Å²) >= 11 is -1.12. The average molecular weight is 442 g/mol. The fourth-order valence-electron chi connectivity index (χ4n) is 2.91. The van der Waals surface area contributed by atoms with E-state index in [2.05, 4.69) is 14.6 Å². The molecule has 1 aromatic heterocycles. The topological polar surface area (TPSA) is 77.9 Å². The first-order valence-corrected chi connectivity index (χ1v) is 9.84. The van der Waals surface area contributed by atoms with Crippen LogP contribution < -0.4 is 25.0 Å². The van der Waals surface area contributed by atoms with Crippen LogP contribution in [0.5, 0.6) is 0 Å². The number of amides is 1. The fourth-order valence-corrected chi connectivity index (χ4v) is 4.79. The number of rotatable bonds is 2. The van der Waals surface area contributed by atoms with Crippen LogP contribution in [0, 0.1) is 20.7 Å². The molecule has 1 aromatic carbocycles. The molecule has 0 aliphatic heterocycles. The number of carbonyl (C=O) groups excluding carboxylic acids is 1. The Labute approximate surface area is 150 Å². The van der Waals surface area contributed by atoms with Gasteiger partial charge in [0.2, 0.25) is 0 Å². The van der Waals surface area contributed by atoms with E-state index in [4.69, 9.17) is 4.74 Å². The van der Waals surface area contributed by atoms with Gasteiger partial charge in [-0.2, -0.15) is 0 Å². The van der Waals surface area contributed by atoms with Crippen molar-refractivity contribution in [3.05, 3.63) is 32.3 Å². The number of nitrogens with zero attached hydrogens (tertiary/aromatic N) is 1. The van der Waals surface area contributed by atoms with Gasteiger partial charge in [0.25, 0.3) is 0 Å². The van der Waals surface area contributed by atoms with Crippen LogP contribution in [0.1, 0.15) is 44.0 Å². The summed E-state index contributed by atoms with van der Waals surface area (Å²) in [5.74, 6) is -0.434. The van der Waals surface area contributed by atoms with E-state index in [1.807, 2.05) is 0 Å². The molecule has 2 aromatic rings.